The summed E-state index contributed by atoms with van der Waals surface area (Å²) in [6, 6.07) is 13.2. The number of carbonyl (C=O) groups is 1. The predicted octanol–water partition coefficient (Wildman–Crippen LogP) is 3.30. The minimum absolute atomic E-state index is 0.189. The highest BCUT2D eigenvalue weighted by Gasteiger charge is 2.38. The molecule has 2 aromatic carbocycles. The first kappa shape index (κ1) is 26.4. The highest BCUT2D eigenvalue weighted by molar-refractivity contribution is 5.73. The molecular weight excluding hydrogens is 495 g/mol. The lowest BCUT2D eigenvalue weighted by molar-refractivity contribution is -0.192. The van der Waals surface area contributed by atoms with Gasteiger partial charge in [0.25, 0.3) is 6.08 Å². The van der Waals surface area contributed by atoms with Crippen LogP contribution in [0.15, 0.2) is 58.9 Å². The van der Waals surface area contributed by atoms with Crippen LogP contribution >= 0.6 is 0 Å². The van der Waals surface area contributed by atoms with Crippen molar-refractivity contribution in [3.63, 3.8) is 0 Å². The summed E-state index contributed by atoms with van der Waals surface area (Å²) < 4.78 is 69.7. The van der Waals surface area contributed by atoms with Crippen LogP contribution in [-0.4, -0.2) is 45.4 Å². The number of H-pyrrole nitrogens is 1. The molecule has 1 aromatic heterocycles. The van der Waals surface area contributed by atoms with Crippen LogP contribution in [0.3, 0.4) is 0 Å². The van der Waals surface area contributed by atoms with Gasteiger partial charge >= 0.3 is 17.8 Å². The Kier molecular flexibility index (Phi) is 8.09. The van der Waals surface area contributed by atoms with Gasteiger partial charge in [-0.15, -0.1) is 0 Å². The second kappa shape index (κ2) is 11.0. The monoisotopic (exact) mass is 514 g/mol. The molecule has 0 amide bonds. The van der Waals surface area contributed by atoms with Crippen molar-refractivity contribution in [3.8, 4) is 22.6 Å². The maximum atomic E-state index is 12.9. The fourth-order valence-corrected chi connectivity index (χ4v) is 3.16. The molecule has 9 nitrogen and oxygen atoms in total. The molecule has 14 heteroatoms. The molecule has 0 saturated carbocycles. The number of rotatable bonds is 6. The van der Waals surface area contributed by atoms with E-state index in [2.05, 4.69) is 10.2 Å². The van der Waals surface area contributed by atoms with E-state index in [0.29, 0.717) is 11.5 Å². The number of ether oxygens (including phenoxy) is 2. The molecule has 2 heterocycles. The van der Waals surface area contributed by atoms with E-state index in [1.54, 1.807) is 0 Å². The molecule has 3 aromatic rings. The number of benzene rings is 2. The van der Waals surface area contributed by atoms with Gasteiger partial charge in [-0.3, -0.25) is 4.57 Å². The van der Waals surface area contributed by atoms with Crippen LogP contribution in [0.5, 0.6) is 11.5 Å². The van der Waals surface area contributed by atoms with E-state index in [0.717, 1.165) is 16.7 Å². The van der Waals surface area contributed by atoms with Gasteiger partial charge in [-0.1, -0.05) is 24.3 Å². The predicted molar refractivity (Wildman–Crippen MR) is 116 cm³/mol. The number of carboxylic acids is 1. The van der Waals surface area contributed by atoms with Crippen molar-refractivity contribution < 1.29 is 41.3 Å². The maximum Gasteiger partial charge on any atom is 0.490 e. The molecule has 192 valence electrons. The van der Waals surface area contributed by atoms with Crippen LogP contribution < -0.4 is 20.9 Å². The summed E-state index contributed by atoms with van der Waals surface area (Å²) >= 11 is 0. The molecule has 0 spiro atoms. The third-order valence-electron chi connectivity index (χ3n) is 4.94. The van der Waals surface area contributed by atoms with Crippen LogP contribution in [0.1, 0.15) is 11.4 Å². The number of nitrogens with one attached hydrogen (secondary N) is 1. The normalized spacial score (nSPS) is 12.1. The number of nitrogens with zero attached hydrogens (tertiary/aromatic N) is 2. The highest BCUT2D eigenvalue weighted by Crippen LogP contribution is 2.36. The van der Waals surface area contributed by atoms with Gasteiger partial charge in [-0.2, -0.15) is 27.1 Å². The molecule has 1 aliphatic heterocycles. The molecule has 0 bridgehead atoms. The number of hydrogen-bond acceptors (Lipinski definition) is 6. The van der Waals surface area contributed by atoms with E-state index >= 15 is 0 Å². The number of aliphatic carboxylic acids is 1. The SMILES string of the molecule is NCC(Cc1n[nH]c(=O)n1Cc1cccc(-c2ccc3c(c2)OCO3)c1)=C(F)F.O=C(O)C(F)(F)F. The molecule has 0 radical (unpaired) electrons. The average molecular weight is 514 g/mol. The van der Waals surface area contributed by atoms with Crippen LogP contribution in [0, 0.1) is 0 Å². The smallest absolute Gasteiger partial charge is 0.475 e. The van der Waals surface area contributed by atoms with Crippen molar-refractivity contribution in [2.45, 2.75) is 19.1 Å². The molecule has 0 fully saturated rings. The van der Waals surface area contributed by atoms with E-state index in [-0.39, 0.29) is 37.7 Å². The Balaban J connectivity index is 0.000000454. The first-order chi connectivity index (χ1) is 17.0. The number of fused-ring (bicyclic) bond motifs is 1. The number of aromatic amines is 1. The minimum Gasteiger partial charge on any atom is -0.475 e. The molecular formula is C22H19F5N4O5. The fraction of sp³-hybridized carbons (Fsp3) is 0.227. The third kappa shape index (κ3) is 6.47. The first-order valence-electron chi connectivity index (χ1n) is 10.2. The van der Waals surface area contributed by atoms with Crippen LogP contribution in [0.2, 0.25) is 0 Å². The Morgan fingerprint density at radius 3 is 2.42 bits per heavy atom. The molecule has 4 rings (SSSR count). The van der Waals surface area contributed by atoms with E-state index in [4.69, 9.17) is 25.1 Å². The molecule has 0 unspecified atom stereocenters. The fourth-order valence-electron chi connectivity index (χ4n) is 3.16. The van der Waals surface area contributed by atoms with Crippen molar-refractivity contribution in [1.82, 2.24) is 14.8 Å². The number of aromatic nitrogens is 3. The Morgan fingerprint density at radius 2 is 1.78 bits per heavy atom. The Hall–Kier alpha value is -4.20. The van der Waals surface area contributed by atoms with Crippen LogP contribution in [0.4, 0.5) is 22.0 Å². The van der Waals surface area contributed by atoms with Gasteiger partial charge in [-0.25, -0.2) is 14.7 Å². The Labute approximate surface area is 199 Å². The number of hydrogen-bond donors (Lipinski definition) is 3. The standard InChI is InChI=1S/C20H18F2N4O3.C2HF3O2/c21-19(22)15(9-23)8-18-24-25-20(27)26(18)10-12-2-1-3-13(6-12)14-4-5-16-17(7-14)29-11-28-16;3-2(4,5)1(6)7/h1-7H,8-11,23H2,(H,25,27);(H,6,7). The van der Waals surface area contributed by atoms with E-state index in [9.17, 15) is 26.7 Å². The second-order valence-corrected chi connectivity index (χ2v) is 7.35. The zero-order valence-corrected chi connectivity index (χ0v) is 18.3. The first-order valence-corrected chi connectivity index (χ1v) is 10.2. The van der Waals surface area contributed by atoms with E-state index < -0.39 is 23.9 Å². The summed E-state index contributed by atoms with van der Waals surface area (Å²) in [5.74, 6) is -1.18. The van der Waals surface area contributed by atoms with Gasteiger partial charge in [0.1, 0.15) is 5.82 Å². The molecule has 0 saturated heterocycles. The van der Waals surface area contributed by atoms with Gasteiger partial charge in [0, 0.05) is 18.5 Å². The Bertz CT molecular complexity index is 1330. The maximum absolute atomic E-state index is 12.9. The summed E-state index contributed by atoms with van der Waals surface area (Å²) in [5, 5.41) is 13.3. The number of carboxylic acid groups (broad SMARTS) is 1. The zero-order valence-electron chi connectivity index (χ0n) is 18.3. The minimum atomic E-state index is -5.08. The van der Waals surface area contributed by atoms with Crippen molar-refractivity contribution in [1.29, 1.82) is 0 Å². The molecule has 36 heavy (non-hydrogen) atoms. The molecule has 0 atom stereocenters. The van der Waals surface area contributed by atoms with Crippen molar-refractivity contribution >= 4 is 5.97 Å². The average Bonchev–Trinajstić information content (AvgIpc) is 3.43. The van der Waals surface area contributed by atoms with E-state index in [1.165, 1.54) is 4.57 Å². The topological polar surface area (TPSA) is 132 Å². The lowest BCUT2D eigenvalue weighted by Gasteiger charge is -2.09. The molecule has 0 aliphatic carbocycles. The van der Waals surface area contributed by atoms with Gasteiger partial charge in [0.05, 0.1) is 6.54 Å². The van der Waals surface area contributed by atoms with Crippen LogP contribution in [0.25, 0.3) is 11.1 Å². The number of halogens is 5. The lowest BCUT2D eigenvalue weighted by Crippen LogP contribution is -2.21. The Morgan fingerprint density at radius 1 is 1.11 bits per heavy atom. The summed E-state index contributed by atoms with van der Waals surface area (Å²) in [4.78, 5) is 21.0. The summed E-state index contributed by atoms with van der Waals surface area (Å²) in [6.45, 7) is 0.0848. The molecule has 4 N–H and O–H groups in total. The number of alkyl halides is 3. The van der Waals surface area contributed by atoms with Gasteiger partial charge in [0.15, 0.2) is 11.5 Å². The second-order valence-electron chi connectivity index (χ2n) is 7.35. The molecule has 1 aliphatic rings. The largest absolute Gasteiger partial charge is 0.490 e. The van der Waals surface area contributed by atoms with Gasteiger partial charge in [-0.05, 0) is 34.9 Å². The summed E-state index contributed by atoms with van der Waals surface area (Å²) in [5.41, 5.74) is 7.34. The van der Waals surface area contributed by atoms with Crippen molar-refractivity contribution in [2.75, 3.05) is 13.3 Å². The highest BCUT2D eigenvalue weighted by atomic mass is 19.4. The van der Waals surface area contributed by atoms with Crippen LogP contribution in [-0.2, 0) is 17.8 Å². The number of nitrogens with two attached hydrogens (primary N) is 1. The van der Waals surface area contributed by atoms with E-state index in [1.807, 2.05) is 42.5 Å². The quantitative estimate of drug-likeness (QED) is 0.430. The van der Waals surface area contributed by atoms with Crippen molar-refractivity contribution in [2.24, 2.45) is 5.73 Å². The third-order valence-corrected chi connectivity index (χ3v) is 4.94. The van der Waals surface area contributed by atoms with Gasteiger partial charge in [0.2, 0.25) is 6.79 Å². The van der Waals surface area contributed by atoms with Crippen molar-refractivity contribution in [3.05, 3.63) is 76.0 Å². The van der Waals surface area contributed by atoms with Gasteiger partial charge < -0.3 is 20.3 Å². The zero-order chi connectivity index (χ0) is 26.5. The lowest BCUT2D eigenvalue weighted by atomic mass is 10.0. The summed E-state index contributed by atoms with van der Waals surface area (Å²) in [6.07, 6.45) is -7.13. The summed E-state index contributed by atoms with van der Waals surface area (Å²) in [7, 11) is 0.